The minimum atomic E-state index is 0.563. The van der Waals surface area contributed by atoms with Gasteiger partial charge in [0.25, 0.3) is 0 Å². The molecule has 0 unspecified atom stereocenters. The molecule has 0 bridgehead atoms. The molecule has 0 fully saturated rings. The highest BCUT2D eigenvalue weighted by molar-refractivity contribution is 6.31. The first-order valence-electron chi connectivity index (χ1n) is 20.6. The van der Waals surface area contributed by atoms with E-state index in [9.17, 15) is 0 Å². The molecule has 0 aliphatic carbocycles. The van der Waals surface area contributed by atoms with Crippen LogP contribution in [0.1, 0.15) is 18.1 Å². The van der Waals surface area contributed by atoms with E-state index in [-0.39, 0.29) is 0 Å². The van der Waals surface area contributed by atoms with Crippen LogP contribution in [0.25, 0.3) is 100.0 Å². The van der Waals surface area contributed by atoms with Crippen LogP contribution >= 0.6 is 0 Å². The van der Waals surface area contributed by atoms with Gasteiger partial charge in [-0.25, -0.2) is 4.98 Å². The topological polar surface area (TPSA) is 48.5 Å². The lowest BCUT2D eigenvalue weighted by molar-refractivity contribution is 0.955. The Labute approximate surface area is 353 Å². The van der Waals surface area contributed by atoms with Gasteiger partial charge in [-0.15, -0.1) is 0 Å². The zero-order valence-corrected chi connectivity index (χ0v) is 33.6. The Balaban J connectivity index is 1.20. The number of fused-ring (bicyclic) bond motifs is 9. The third-order valence-corrected chi connectivity index (χ3v) is 11.7. The first-order chi connectivity index (χ1) is 30.1. The smallest absolute Gasteiger partial charge is 0.238 e. The van der Waals surface area contributed by atoms with E-state index >= 15 is 0 Å². The lowest BCUT2D eigenvalue weighted by Crippen LogP contribution is -2.06. The Morgan fingerprint density at radius 2 is 1.00 bits per heavy atom. The van der Waals surface area contributed by atoms with E-state index in [0.29, 0.717) is 17.6 Å². The zero-order valence-electron chi connectivity index (χ0n) is 33.6. The summed E-state index contributed by atoms with van der Waals surface area (Å²) < 4.78 is 4.56. The molecule has 0 radical (unpaired) electrons. The van der Waals surface area contributed by atoms with E-state index in [4.69, 9.17) is 21.5 Å². The van der Waals surface area contributed by atoms with Gasteiger partial charge in [-0.05, 0) is 58.9 Å². The van der Waals surface area contributed by atoms with E-state index in [1.165, 1.54) is 11.1 Å². The van der Waals surface area contributed by atoms with E-state index in [1.807, 2.05) is 36.4 Å². The average molecular weight is 782 g/mol. The van der Waals surface area contributed by atoms with Gasteiger partial charge in [0.1, 0.15) is 0 Å². The van der Waals surface area contributed by atoms with E-state index < -0.39 is 0 Å². The molecule has 0 aliphatic heterocycles. The van der Waals surface area contributed by atoms with Gasteiger partial charge in [0.05, 0.1) is 22.1 Å². The standard InChI is InChI=1S/C56H39N5/c1-37(39-19-7-3-8-20-39)35-44(40-21-9-4-10-22-40)36-38(2)60-48-30-18-17-29-46(48)51-49(60)33-34-50-52(51)47-32-31-41-23-15-16-28-45(41)53(47)61(50)56-58-54(42-24-11-5-12-25-42)57-55(59-56)43-26-13-6-14-27-43/h3-36H,2H2,1H3/b37-35+,44-36+. The molecule has 0 aliphatic rings. The van der Waals surface area contributed by atoms with Gasteiger partial charge in [-0.3, -0.25) is 4.57 Å². The van der Waals surface area contributed by atoms with Crippen molar-refractivity contribution in [3.05, 3.63) is 224 Å². The molecular formula is C56H39N5. The molecule has 3 heterocycles. The van der Waals surface area contributed by atoms with Gasteiger partial charge in [0, 0.05) is 43.8 Å². The normalized spacial score (nSPS) is 12.3. The summed E-state index contributed by atoms with van der Waals surface area (Å²) in [5.74, 6) is 1.80. The summed E-state index contributed by atoms with van der Waals surface area (Å²) in [7, 11) is 0. The summed E-state index contributed by atoms with van der Waals surface area (Å²) in [6.07, 6.45) is 4.48. The number of aromatic nitrogens is 5. The highest BCUT2D eigenvalue weighted by Crippen LogP contribution is 2.44. The maximum Gasteiger partial charge on any atom is 0.238 e. The predicted molar refractivity (Wildman–Crippen MR) is 255 cm³/mol. The van der Waals surface area contributed by atoms with Crippen LogP contribution in [0.5, 0.6) is 0 Å². The van der Waals surface area contributed by atoms with Crippen molar-refractivity contribution < 1.29 is 0 Å². The van der Waals surface area contributed by atoms with Crippen LogP contribution in [-0.2, 0) is 0 Å². The molecule has 61 heavy (non-hydrogen) atoms. The summed E-state index contributed by atoms with van der Waals surface area (Å²) in [5, 5.41) is 6.82. The SMILES string of the molecule is C=C(/C=C(\C=C(/C)c1ccccc1)c1ccccc1)n1c2ccccc2c2c3c4ccc5ccccc5c4n(-c4nc(-c5ccccc5)nc(-c5ccccc5)n4)c3ccc21. The van der Waals surface area contributed by atoms with Crippen molar-refractivity contribution in [1.82, 2.24) is 24.1 Å². The molecule has 11 rings (SSSR count). The largest absolute Gasteiger partial charge is 0.310 e. The third-order valence-electron chi connectivity index (χ3n) is 11.7. The molecule has 0 saturated heterocycles. The van der Waals surface area contributed by atoms with E-state index in [1.54, 1.807) is 0 Å². The Hall–Kier alpha value is -8.15. The first kappa shape index (κ1) is 36.0. The van der Waals surface area contributed by atoms with Gasteiger partial charge in [-0.2, -0.15) is 9.97 Å². The van der Waals surface area contributed by atoms with Gasteiger partial charge in [0.2, 0.25) is 5.95 Å². The minimum Gasteiger partial charge on any atom is -0.310 e. The van der Waals surface area contributed by atoms with Crippen LogP contribution < -0.4 is 0 Å². The highest BCUT2D eigenvalue weighted by atomic mass is 15.2. The molecule has 0 atom stereocenters. The second-order valence-electron chi connectivity index (χ2n) is 15.4. The molecule has 0 N–H and O–H groups in total. The minimum absolute atomic E-state index is 0.563. The van der Waals surface area contributed by atoms with E-state index in [2.05, 4.69) is 186 Å². The molecule has 11 aromatic rings. The molecule has 5 nitrogen and oxygen atoms in total. The summed E-state index contributed by atoms with van der Waals surface area (Å²) >= 11 is 0. The fraction of sp³-hybridized carbons (Fsp3) is 0.0179. The molecule has 0 amide bonds. The van der Waals surface area contributed by atoms with Crippen molar-refractivity contribution in [2.45, 2.75) is 6.92 Å². The molecular weight excluding hydrogens is 743 g/mol. The van der Waals surface area contributed by atoms with Crippen LogP contribution in [0.3, 0.4) is 0 Å². The predicted octanol–water partition coefficient (Wildman–Crippen LogP) is 14.2. The quantitative estimate of drug-likeness (QED) is 0.144. The van der Waals surface area contributed by atoms with Crippen molar-refractivity contribution in [3.8, 4) is 28.7 Å². The number of hydrogen-bond acceptors (Lipinski definition) is 3. The maximum atomic E-state index is 5.27. The second-order valence-corrected chi connectivity index (χ2v) is 15.4. The summed E-state index contributed by atoms with van der Waals surface area (Å²) in [6, 6.07) is 67.6. The Morgan fingerprint density at radius 1 is 0.459 bits per heavy atom. The van der Waals surface area contributed by atoms with Crippen LogP contribution in [0.15, 0.2) is 213 Å². The van der Waals surface area contributed by atoms with Crippen molar-refractivity contribution in [2.24, 2.45) is 0 Å². The van der Waals surface area contributed by atoms with Crippen LogP contribution in [0.4, 0.5) is 0 Å². The molecule has 288 valence electrons. The summed E-state index contributed by atoms with van der Waals surface area (Å²) in [5.41, 5.74) is 11.5. The molecule has 0 saturated carbocycles. The maximum absolute atomic E-state index is 5.27. The zero-order chi connectivity index (χ0) is 40.9. The lowest BCUT2D eigenvalue weighted by atomic mass is 9.99. The molecule has 3 aromatic heterocycles. The molecule has 8 aromatic carbocycles. The number of nitrogens with zero attached hydrogens (tertiary/aromatic N) is 5. The van der Waals surface area contributed by atoms with Crippen molar-refractivity contribution in [3.63, 3.8) is 0 Å². The number of allylic oxidation sites excluding steroid dienone is 5. The molecule has 5 heteroatoms. The molecule has 0 spiro atoms. The first-order valence-corrected chi connectivity index (χ1v) is 20.6. The van der Waals surface area contributed by atoms with Gasteiger partial charge in [-0.1, -0.05) is 189 Å². The average Bonchev–Trinajstić information content (AvgIpc) is 3.85. The van der Waals surface area contributed by atoms with Gasteiger partial charge >= 0.3 is 0 Å². The Morgan fingerprint density at radius 3 is 1.67 bits per heavy atom. The monoisotopic (exact) mass is 781 g/mol. The van der Waals surface area contributed by atoms with Crippen LogP contribution in [-0.4, -0.2) is 24.1 Å². The number of rotatable bonds is 8. The van der Waals surface area contributed by atoms with Crippen LogP contribution in [0.2, 0.25) is 0 Å². The van der Waals surface area contributed by atoms with Crippen molar-refractivity contribution in [1.29, 1.82) is 0 Å². The van der Waals surface area contributed by atoms with Gasteiger partial charge < -0.3 is 4.57 Å². The Kier molecular flexibility index (Phi) is 8.79. The second kappa shape index (κ2) is 14.9. The van der Waals surface area contributed by atoms with Crippen molar-refractivity contribution in [2.75, 3.05) is 0 Å². The number of para-hydroxylation sites is 1. The summed E-state index contributed by atoms with van der Waals surface area (Å²) in [4.78, 5) is 15.6. The number of benzene rings is 8. The summed E-state index contributed by atoms with van der Waals surface area (Å²) in [6.45, 7) is 6.95. The highest BCUT2D eigenvalue weighted by Gasteiger charge is 2.24. The third kappa shape index (κ3) is 6.23. The fourth-order valence-electron chi connectivity index (χ4n) is 8.84. The Bertz CT molecular complexity index is 3470. The van der Waals surface area contributed by atoms with Crippen LogP contribution in [0, 0.1) is 0 Å². The fourth-order valence-corrected chi connectivity index (χ4v) is 8.84. The van der Waals surface area contributed by atoms with Crippen molar-refractivity contribution >= 4 is 71.2 Å². The lowest BCUT2D eigenvalue weighted by Gasteiger charge is -2.12. The number of hydrogen-bond donors (Lipinski definition) is 0. The van der Waals surface area contributed by atoms with Gasteiger partial charge in [0.15, 0.2) is 11.6 Å². The van der Waals surface area contributed by atoms with E-state index in [0.717, 1.165) is 82.3 Å².